The molecular formula is C6H10O4S. The molecule has 0 fully saturated rings. The zero-order chi connectivity index (χ0) is 8.69. The number of rotatable bonds is 4. The first-order chi connectivity index (χ1) is 5.20. The highest BCUT2D eigenvalue weighted by Gasteiger charge is 2.08. The van der Waals surface area contributed by atoms with Crippen LogP contribution < -0.4 is 0 Å². The van der Waals surface area contributed by atoms with E-state index in [1.165, 1.54) is 0 Å². The molecule has 0 spiro atoms. The maximum atomic E-state index is 10.6. The molecule has 0 radical (unpaired) electrons. The predicted octanol–water partition coefficient (Wildman–Crippen LogP) is -0.462. The molecule has 0 aliphatic rings. The van der Waals surface area contributed by atoms with Crippen molar-refractivity contribution in [2.24, 2.45) is 0 Å². The second kappa shape index (κ2) is 6.33. The molecule has 64 valence electrons. The fraction of sp³-hybridized carbons (Fsp3) is 0.667. The van der Waals surface area contributed by atoms with Crippen LogP contribution in [0.3, 0.4) is 0 Å². The van der Waals surface area contributed by atoms with Gasteiger partial charge in [-0.25, -0.2) is 0 Å². The first-order valence-corrected chi connectivity index (χ1v) is 3.97. The van der Waals surface area contributed by atoms with E-state index in [1.807, 2.05) is 0 Å². The number of thioether (sulfide) groups is 1. The van der Waals surface area contributed by atoms with Crippen LogP contribution in [0.5, 0.6) is 0 Å². The van der Waals surface area contributed by atoms with Gasteiger partial charge < -0.3 is 10.2 Å². The van der Waals surface area contributed by atoms with E-state index in [4.69, 9.17) is 10.2 Å². The summed E-state index contributed by atoms with van der Waals surface area (Å²) in [5, 5.41) is 15.9. The Morgan fingerprint density at radius 3 is 1.64 bits per heavy atom. The normalized spacial score (nSPS) is 9.64. The molecule has 0 aliphatic carbocycles. The molecule has 4 nitrogen and oxygen atoms in total. The van der Waals surface area contributed by atoms with E-state index in [-0.39, 0.29) is 36.3 Å². The molecule has 0 unspecified atom stereocenters. The number of aliphatic hydroxyl groups excluding tert-OH is 2. The molecule has 0 atom stereocenters. The Kier molecular flexibility index (Phi) is 6.10. The summed E-state index contributed by atoms with van der Waals surface area (Å²) in [6, 6.07) is 0. The van der Waals surface area contributed by atoms with Crippen molar-refractivity contribution in [1.29, 1.82) is 0 Å². The summed E-state index contributed by atoms with van der Waals surface area (Å²) in [6.45, 7) is -0.476. The van der Waals surface area contributed by atoms with Crippen molar-refractivity contribution in [1.82, 2.24) is 0 Å². The number of aliphatic hydroxyl groups is 2. The topological polar surface area (TPSA) is 74.6 Å². The van der Waals surface area contributed by atoms with E-state index in [0.29, 0.717) is 11.8 Å². The van der Waals surface area contributed by atoms with Crippen molar-refractivity contribution in [2.45, 2.75) is 12.8 Å². The van der Waals surface area contributed by atoms with Crippen LogP contribution in [-0.4, -0.2) is 33.7 Å². The highest BCUT2D eigenvalue weighted by atomic mass is 32.2. The fourth-order valence-electron chi connectivity index (χ4n) is 0.412. The first-order valence-electron chi connectivity index (χ1n) is 3.16. The Bertz CT molecular complexity index is 130. The molecule has 0 saturated heterocycles. The van der Waals surface area contributed by atoms with E-state index in [1.54, 1.807) is 0 Å². The number of carbonyl (C=O) groups excluding carboxylic acids is 2. The van der Waals surface area contributed by atoms with Crippen molar-refractivity contribution in [3.8, 4) is 0 Å². The molecule has 0 aromatic rings. The van der Waals surface area contributed by atoms with E-state index >= 15 is 0 Å². The van der Waals surface area contributed by atoms with Gasteiger partial charge in [-0.05, 0) is 11.8 Å². The van der Waals surface area contributed by atoms with Crippen LogP contribution in [0.15, 0.2) is 0 Å². The van der Waals surface area contributed by atoms with Gasteiger partial charge >= 0.3 is 0 Å². The molecule has 0 amide bonds. The highest BCUT2D eigenvalue weighted by molar-refractivity contribution is 8.26. The van der Waals surface area contributed by atoms with Crippen molar-refractivity contribution in [3.63, 3.8) is 0 Å². The van der Waals surface area contributed by atoms with Crippen LogP contribution >= 0.6 is 11.8 Å². The maximum Gasteiger partial charge on any atom is 0.198 e. The third-order valence-electron chi connectivity index (χ3n) is 0.860. The minimum atomic E-state index is -0.356. The zero-order valence-electron chi connectivity index (χ0n) is 5.95. The van der Waals surface area contributed by atoms with Gasteiger partial charge in [0.05, 0.1) is 13.2 Å². The van der Waals surface area contributed by atoms with Crippen molar-refractivity contribution >= 4 is 22.0 Å². The third-order valence-corrected chi connectivity index (χ3v) is 1.72. The molecule has 0 heterocycles. The molecule has 2 N–H and O–H groups in total. The van der Waals surface area contributed by atoms with Gasteiger partial charge in [0.2, 0.25) is 0 Å². The van der Waals surface area contributed by atoms with Crippen LogP contribution in [0.1, 0.15) is 12.8 Å². The SMILES string of the molecule is O=C(CCO)SC(=O)CCO. The van der Waals surface area contributed by atoms with Crippen LogP contribution in [-0.2, 0) is 9.59 Å². The predicted molar refractivity (Wildman–Crippen MR) is 41.0 cm³/mol. The lowest BCUT2D eigenvalue weighted by Crippen LogP contribution is -2.02. The third kappa shape index (κ3) is 6.03. The summed E-state index contributed by atoms with van der Waals surface area (Å²) < 4.78 is 0. The van der Waals surface area contributed by atoms with E-state index in [9.17, 15) is 9.59 Å². The number of carbonyl (C=O) groups is 2. The monoisotopic (exact) mass is 178 g/mol. The Morgan fingerprint density at radius 1 is 1.00 bits per heavy atom. The molecule has 0 aliphatic heterocycles. The van der Waals surface area contributed by atoms with Crippen LogP contribution in [0, 0.1) is 0 Å². The van der Waals surface area contributed by atoms with E-state index < -0.39 is 0 Å². The Morgan fingerprint density at radius 2 is 1.36 bits per heavy atom. The summed E-state index contributed by atoms with van der Waals surface area (Å²) >= 11 is 0.551. The molecule has 11 heavy (non-hydrogen) atoms. The summed E-state index contributed by atoms with van der Waals surface area (Å²) in [5.74, 6) is 0. The second-order valence-corrected chi connectivity index (χ2v) is 2.91. The molecule has 0 bridgehead atoms. The van der Waals surface area contributed by atoms with Gasteiger partial charge in [0.25, 0.3) is 0 Å². The summed E-state index contributed by atoms with van der Waals surface area (Å²) in [7, 11) is 0. The lowest BCUT2D eigenvalue weighted by molar-refractivity contribution is -0.113. The first kappa shape index (κ1) is 10.6. The fourth-order valence-corrected chi connectivity index (χ4v) is 1.05. The lowest BCUT2D eigenvalue weighted by Gasteiger charge is -1.94. The van der Waals surface area contributed by atoms with E-state index in [0.717, 1.165) is 0 Å². The molecule has 0 saturated carbocycles. The van der Waals surface area contributed by atoms with Gasteiger partial charge in [-0.2, -0.15) is 0 Å². The maximum absolute atomic E-state index is 10.6. The summed E-state index contributed by atoms with van der Waals surface area (Å²) in [5.41, 5.74) is 0. The molecule has 0 aromatic carbocycles. The number of hydrogen-bond donors (Lipinski definition) is 2. The minimum Gasteiger partial charge on any atom is -0.396 e. The van der Waals surface area contributed by atoms with Gasteiger partial charge in [-0.1, -0.05) is 0 Å². The van der Waals surface area contributed by atoms with Crippen LogP contribution in [0.4, 0.5) is 0 Å². The van der Waals surface area contributed by atoms with Crippen LogP contribution in [0.25, 0.3) is 0 Å². The summed E-state index contributed by atoms with van der Waals surface area (Å²) in [4.78, 5) is 21.3. The smallest absolute Gasteiger partial charge is 0.198 e. The Hall–Kier alpha value is -0.390. The quantitative estimate of drug-likeness (QED) is 0.609. The Labute approximate surface area is 68.6 Å². The van der Waals surface area contributed by atoms with Gasteiger partial charge in [0, 0.05) is 12.8 Å². The zero-order valence-corrected chi connectivity index (χ0v) is 6.76. The van der Waals surface area contributed by atoms with Gasteiger partial charge in [-0.15, -0.1) is 0 Å². The minimum absolute atomic E-state index is 0.0121. The van der Waals surface area contributed by atoms with Gasteiger partial charge in [0.1, 0.15) is 0 Å². The van der Waals surface area contributed by atoms with Gasteiger partial charge in [0.15, 0.2) is 10.2 Å². The molecule has 0 aromatic heterocycles. The van der Waals surface area contributed by atoms with E-state index in [2.05, 4.69) is 0 Å². The Balaban J connectivity index is 3.49. The van der Waals surface area contributed by atoms with Crippen molar-refractivity contribution in [3.05, 3.63) is 0 Å². The highest BCUT2D eigenvalue weighted by Crippen LogP contribution is 2.08. The second-order valence-electron chi connectivity index (χ2n) is 1.79. The molecule has 0 rings (SSSR count). The molecular weight excluding hydrogens is 168 g/mol. The molecule has 5 heteroatoms. The van der Waals surface area contributed by atoms with Gasteiger partial charge in [-0.3, -0.25) is 9.59 Å². The van der Waals surface area contributed by atoms with Crippen molar-refractivity contribution in [2.75, 3.05) is 13.2 Å². The number of hydrogen-bond acceptors (Lipinski definition) is 5. The average Bonchev–Trinajstić information content (AvgIpc) is 1.87. The lowest BCUT2D eigenvalue weighted by atomic mass is 10.5. The summed E-state index contributed by atoms with van der Waals surface area (Å²) in [6.07, 6.45) is -0.0241. The average molecular weight is 178 g/mol. The van der Waals surface area contributed by atoms with Crippen molar-refractivity contribution < 1.29 is 19.8 Å². The standard InChI is InChI=1S/C6H10O4S/c7-3-1-5(9)11-6(10)2-4-8/h7-8H,1-4H2. The largest absolute Gasteiger partial charge is 0.396 e. The van der Waals surface area contributed by atoms with Crippen LogP contribution in [0.2, 0.25) is 0 Å².